The number of carbonyl (C=O) groups is 3. The zero-order chi connectivity index (χ0) is 22.4. The van der Waals surface area contributed by atoms with Crippen molar-refractivity contribution < 1.29 is 27.9 Å². The van der Waals surface area contributed by atoms with Crippen molar-refractivity contribution in [2.75, 3.05) is 32.7 Å². The lowest BCUT2D eigenvalue weighted by molar-refractivity contribution is -0.131. The number of para-hydroxylation sites is 1. The number of aryl methyl sites for hydroxylation is 1. The maximum Gasteiger partial charge on any atom is 0.387 e. The van der Waals surface area contributed by atoms with Crippen LogP contribution in [-0.4, -0.2) is 66.9 Å². The average Bonchev–Trinajstić information content (AvgIpc) is 2.77. The molecule has 3 amide bonds. The number of ether oxygens (including phenoxy) is 1. The lowest BCUT2D eigenvalue weighted by atomic mass is 10.1. The van der Waals surface area contributed by atoms with Crippen molar-refractivity contribution in [2.24, 2.45) is 0 Å². The van der Waals surface area contributed by atoms with Crippen molar-refractivity contribution >= 4 is 17.7 Å². The maximum absolute atomic E-state index is 12.7. The van der Waals surface area contributed by atoms with E-state index in [1.807, 2.05) is 19.1 Å². The summed E-state index contributed by atoms with van der Waals surface area (Å²) in [4.78, 5) is 40.3. The topological polar surface area (TPSA) is 79.0 Å². The molecule has 0 bridgehead atoms. The molecule has 0 unspecified atom stereocenters. The van der Waals surface area contributed by atoms with Gasteiger partial charge in [-0.3, -0.25) is 14.4 Å². The Kier molecular flexibility index (Phi) is 7.17. The standard InChI is InChI=1S/C22H23F2N3O4/c1-15-6-8-16(9-7-15)20(29)25-14-19(28)26-10-12-27(13-11-26)21(30)17-4-2-3-5-18(17)31-22(23)24/h2-9,22H,10-14H2,1H3,(H,25,29). The van der Waals surface area contributed by atoms with E-state index in [2.05, 4.69) is 10.1 Å². The second kappa shape index (κ2) is 10.0. The molecule has 2 aromatic carbocycles. The van der Waals surface area contributed by atoms with Gasteiger partial charge in [0.05, 0.1) is 12.1 Å². The number of nitrogens with one attached hydrogen (secondary N) is 1. The van der Waals surface area contributed by atoms with E-state index in [0.717, 1.165) is 5.56 Å². The van der Waals surface area contributed by atoms with Gasteiger partial charge in [-0.05, 0) is 31.2 Å². The third-order valence-corrected chi connectivity index (χ3v) is 4.97. The molecule has 0 radical (unpaired) electrons. The fraction of sp³-hybridized carbons (Fsp3) is 0.318. The average molecular weight is 431 g/mol. The van der Waals surface area contributed by atoms with E-state index in [1.165, 1.54) is 23.1 Å². The molecule has 1 saturated heterocycles. The highest BCUT2D eigenvalue weighted by Crippen LogP contribution is 2.22. The molecule has 7 nitrogen and oxygen atoms in total. The molecule has 2 aromatic rings. The summed E-state index contributed by atoms with van der Waals surface area (Å²) in [6.07, 6.45) is 0. The third-order valence-electron chi connectivity index (χ3n) is 4.97. The summed E-state index contributed by atoms with van der Waals surface area (Å²) in [7, 11) is 0. The molecule has 164 valence electrons. The van der Waals surface area contributed by atoms with Crippen LogP contribution in [0.3, 0.4) is 0 Å². The summed E-state index contributed by atoms with van der Waals surface area (Å²) < 4.78 is 29.6. The lowest BCUT2D eigenvalue weighted by Gasteiger charge is -2.35. The van der Waals surface area contributed by atoms with Crippen LogP contribution in [0.2, 0.25) is 0 Å². The number of hydrogen-bond acceptors (Lipinski definition) is 4. The van der Waals surface area contributed by atoms with Gasteiger partial charge < -0.3 is 19.9 Å². The first-order valence-electron chi connectivity index (χ1n) is 9.81. The molecule has 0 aromatic heterocycles. The Morgan fingerprint density at radius 1 is 0.968 bits per heavy atom. The van der Waals surface area contributed by atoms with Gasteiger partial charge in [0, 0.05) is 31.7 Å². The van der Waals surface area contributed by atoms with E-state index in [1.54, 1.807) is 23.1 Å². The molecule has 0 spiro atoms. The number of rotatable bonds is 6. The molecule has 1 aliphatic rings. The number of benzene rings is 2. The number of piperazine rings is 1. The van der Waals surface area contributed by atoms with E-state index in [9.17, 15) is 23.2 Å². The molecule has 1 aliphatic heterocycles. The van der Waals surface area contributed by atoms with Gasteiger partial charge in [-0.25, -0.2) is 0 Å². The van der Waals surface area contributed by atoms with E-state index >= 15 is 0 Å². The zero-order valence-electron chi connectivity index (χ0n) is 17.0. The summed E-state index contributed by atoms with van der Waals surface area (Å²) in [5, 5.41) is 2.60. The molecule has 31 heavy (non-hydrogen) atoms. The Morgan fingerprint density at radius 2 is 1.58 bits per heavy atom. The third kappa shape index (κ3) is 5.78. The predicted molar refractivity (Wildman–Crippen MR) is 109 cm³/mol. The quantitative estimate of drug-likeness (QED) is 0.762. The van der Waals surface area contributed by atoms with Crippen LogP contribution >= 0.6 is 0 Å². The number of amides is 3. The SMILES string of the molecule is Cc1ccc(C(=O)NCC(=O)N2CCN(C(=O)c3ccccc3OC(F)F)CC2)cc1. The minimum absolute atomic E-state index is 0.0490. The Balaban J connectivity index is 1.51. The van der Waals surface area contributed by atoms with Gasteiger partial charge in [0.25, 0.3) is 11.8 Å². The highest BCUT2D eigenvalue weighted by atomic mass is 19.3. The van der Waals surface area contributed by atoms with Crippen LogP contribution in [0.1, 0.15) is 26.3 Å². The van der Waals surface area contributed by atoms with Crippen LogP contribution in [0.15, 0.2) is 48.5 Å². The van der Waals surface area contributed by atoms with E-state index in [-0.39, 0.29) is 55.9 Å². The molecular formula is C22H23F2N3O4. The van der Waals surface area contributed by atoms with Gasteiger partial charge in [-0.1, -0.05) is 29.8 Å². The minimum atomic E-state index is -3.03. The van der Waals surface area contributed by atoms with Gasteiger partial charge >= 0.3 is 6.61 Å². The fourth-order valence-electron chi connectivity index (χ4n) is 3.25. The van der Waals surface area contributed by atoms with Crippen LogP contribution in [0.4, 0.5) is 8.78 Å². The molecule has 9 heteroatoms. The van der Waals surface area contributed by atoms with Crippen molar-refractivity contribution in [1.29, 1.82) is 0 Å². The van der Waals surface area contributed by atoms with Crippen LogP contribution in [0.5, 0.6) is 5.75 Å². The zero-order valence-corrected chi connectivity index (χ0v) is 17.0. The van der Waals surface area contributed by atoms with Gasteiger partial charge in [0.2, 0.25) is 5.91 Å². The predicted octanol–water partition coefficient (Wildman–Crippen LogP) is 2.31. The molecule has 0 saturated carbocycles. The molecule has 0 aliphatic carbocycles. The van der Waals surface area contributed by atoms with Gasteiger partial charge in [-0.2, -0.15) is 8.78 Å². The second-order valence-corrected chi connectivity index (χ2v) is 7.10. The van der Waals surface area contributed by atoms with Gasteiger partial charge in [-0.15, -0.1) is 0 Å². The summed E-state index contributed by atoms with van der Waals surface area (Å²) in [6.45, 7) is -0.199. The molecule has 1 N–H and O–H groups in total. The van der Waals surface area contributed by atoms with E-state index in [0.29, 0.717) is 5.56 Å². The van der Waals surface area contributed by atoms with Crippen molar-refractivity contribution in [1.82, 2.24) is 15.1 Å². The van der Waals surface area contributed by atoms with Crippen LogP contribution < -0.4 is 10.1 Å². The van der Waals surface area contributed by atoms with E-state index < -0.39 is 12.5 Å². The Labute approximate surface area is 178 Å². The summed E-state index contributed by atoms with van der Waals surface area (Å²) in [5.74, 6) is -1.21. The Bertz CT molecular complexity index is 942. The first kappa shape index (κ1) is 22.2. The largest absolute Gasteiger partial charge is 0.434 e. The van der Waals surface area contributed by atoms with Crippen LogP contribution in [-0.2, 0) is 4.79 Å². The van der Waals surface area contributed by atoms with E-state index in [4.69, 9.17) is 0 Å². The number of alkyl halides is 2. The van der Waals surface area contributed by atoms with Gasteiger partial charge in [0.1, 0.15) is 5.75 Å². The van der Waals surface area contributed by atoms with Crippen LogP contribution in [0.25, 0.3) is 0 Å². The molecular weight excluding hydrogens is 408 g/mol. The Hall–Kier alpha value is -3.49. The smallest absolute Gasteiger partial charge is 0.387 e. The highest BCUT2D eigenvalue weighted by molar-refractivity contribution is 5.97. The first-order chi connectivity index (χ1) is 14.8. The summed E-state index contributed by atoms with van der Waals surface area (Å²) in [5.41, 5.74) is 1.55. The molecule has 1 fully saturated rings. The molecule has 3 rings (SSSR count). The number of hydrogen-bond donors (Lipinski definition) is 1. The number of halogens is 2. The van der Waals surface area contributed by atoms with Gasteiger partial charge in [0.15, 0.2) is 0 Å². The highest BCUT2D eigenvalue weighted by Gasteiger charge is 2.27. The maximum atomic E-state index is 12.7. The summed E-state index contributed by atoms with van der Waals surface area (Å²) >= 11 is 0. The normalized spacial score (nSPS) is 13.8. The van der Waals surface area contributed by atoms with Crippen molar-refractivity contribution in [3.63, 3.8) is 0 Å². The van der Waals surface area contributed by atoms with Crippen molar-refractivity contribution in [3.05, 3.63) is 65.2 Å². The lowest BCUT2D eigenvalue weighted by Crippen LogP contribution is -2.52. The van der Waals surface area contributed by atoms with Crippen molar-refractivity contribution in [3.8, 4) is 5.75 Å². The summed E-state index contributed by atoms with van der Waals surface area (Å²) in [6, 6.07) is 12.8. The number of nitrogens with zero attached hydrogens (tertiary/aromatic N) is 2. The number of carbonyl (C=O) groups excluding carboxylic acids is 3. The minimum Gasteiger partial charge on any atom is -0.434 e. The second-order valence-electron chi connectivity index (χ2n) is 7.10. The Morgan fingerprint density at radius 3 is 2.23 bits per heavy atom. The molecule has 0 atom stereocenters. The fourth-order valence-corrected chi connectivity index (χ4v) is 3.25. The van der Waals surface area contributed by atoms with Crippen LogP contribution in [0, 0.1) is 6.92 Å². The van der Waals surface area contributed by atoms with Crippen molar-refractivity contribution in [2.45, 2.75) is 13.5 Å². The molecule has 1 heterocycles. The monoisotopic (exact) mass is 431 g/mol. The first-order valence-corrected chi connectivity index (χ1v) is 9.81.